The van der Waals surface area contributed by atoms with E-state index in [4.69, 9.17) is 0 Å². The molecule has 0 aliphatic heterocycles. The molecule has 11 heteroatoms. The Balaban J connectivity index is 1.16. The van der Waals surface area contributed by atoms with Crippen LogP contribution in [0, 0.1) is 0 Å². The van der Waals surface area contributed by atoms with E-state index in [-0.39, 0.29) is 23.5 Å². The van der Waals surface area contributed by atoms with Crippen molar-refractivity contribution in [3.05, 3.63) is 89.2 Å². The first kappa shape index (κ1) is 23.0. The van der Waals surface area contributed by atoms with Crippen LogP contribution in [0.1, 0.15) is 52.1 Å². The number of hydrogen-bond acceptors (Lipinski definition) is 6. The van der Waals surface area contributed by atoms with Crippen LogP contribution < -0.4 is 10.1 Å². The molecule has 4 aromatic heterocycles. The van der Waals surface area contributed by atoms with E-state index < -0.39 is 6.36 Å². The van der Waals surface area contributed by atoms with Crippen LogP contribution in [-0.4, -0.2) is 31.8 Å². The van der Waals surface area contributed by atoms with Gasteiger partial charge in [0, 0.05) is 48.0 Å². The second-order valence-corrected chi connectivity index (χ2v) is 9.10. The molecule has 1 aliphatic rings. The second-order valence-electron chi connectivity index (χ2n) is 8.24. The minimum absolute atomic E-state index is 0.149. The number of aromatic nitrogens is 4. The summed E-state index contributed by atoms with van der Waals surface area (Å²) in [5, 5.41) is 5.33. The highest BCUT2D eigenvalue weighted by molar-refractivity contribution is 7.14. The molecule has 0 bridgehead atoms. The largest absolute Gasteiger partial charge is 0.573 e. The Morgan fingerprint density at radius 3 is 2.60 bits per heavy atom. The van der Waals surface area contributed by atoms with Crippen molar-refractivity contribution in [2.75, 3.05) is 5.32 Å². The van der Waals surface area contributed by atoms with Gasteiger partial charge in [-0.3, -0.25) is 20.1 Å². The lowest BCUT2D eigenvalue weighted by atomic mass is 9.72. The molecule has 0 radical (unpaired) electrons. The second kappa shape index (κ2) is 9.49. The van der Waals surface area contributed by atoms with E-state index in [0.29, 0.717) is 17.4 Å². The van der Waals surface area contributed by atoms with Crippen molar-refractivity contribution in [2.24, 2.45) is 0 Å². The van der Waals surface area contributed by atoms with Gasteiger partial charge < -0.3 is 9.30 Å². The van der Waals surface area contributed by atoms with Gasteiger partial charge in [-0.2, -0.15) is 0 Å². The zero-order valence-corrected chi connectivity index (χ0v) is 19.1. The first-order chi connectivity index (χ1) is 16.8. The van der Waals surface area contributed by atoms with E-state index in [9.17, 15) is 18.0 Å². The highest BCUT2D eigenvalue weighted by Crippen LogP contribution is 2.47. The number of carbonyl (C=O) groups excluding carboxylic acids is 1. The molecular weight excluding hydrogens is 479 g/mol. The van der Waals surface area contributed by atoms with Crippen LogP contribution in [0.25, 0.3) is 0 Å². The predicted octanol–water partition coefficient (Wildman–Crippen LogP) is 5.60. The fourth-order valence-corrected chi connectivity index (χ4v) is 4.85. The summed E-state index contributed by atoms with van der Waals surface area (Å²) in [7, 11) is 0. The number of nitrogens with one attached hydrogen (secondary N) is 1. The van der Waals surface area contributed by atoms with Crippen LogP contribution in [0.15, 0.2) is 66.6 Å². The van der Waals surface area contributed by atoms with Crippen molar-refractivity contribution < 1.29 is 22.7 Å². The number of pyridine rings is 2. The fourth-order valence-electron chi connectivity index (χ4n) is 4.06. The first-order valence-corrected chi connectivity index (χ1v) is 11.7. The van der Waals surface area contributed by atoms with Gasteiger partial charge in [-0.15, -0.1) is 24.5 Å². The molecule has 180 valence electrons. The number of thiazole rings is 1. The molecule has 1 aliphatic carbocycles. The zero-order valence-electron chi connectivity index (χ0n) is 18.3. The van der Waals surface area contributed by atoms with Crippen molar-refractivity contribution in [1.82, 2.24) is 19.5 Å². The van der Waals surface area contributed by atoms with Gasteiger partial charge in [-0.05, 0) is 54.8 Å². The normalized spacial score (nSPS) is 17.6. The SMILES string of the molecule is O=C(Nc1nc([C@H]2C[C@H](c3ccc(OC(F)(F)F)cn3)C2)cs1)c1cccn1Cc1ccncc1. The van der Waals surface area contributed by atoms with Crippen LogP contribution in [0.5, 0.6) is 5.75 Å². The molecule has 4 heterocycles. The molecule has 0 spiro atoms. The van der Waals surface area contributed by atoms with Crippen LogP contribution in [-0.2, 0) is 6.54 Å². The summed E-state index contributed by atoms with van der Waals surface area (Å²) in [5.74, 6) is -0.202. The van der Waals surface area contributed by atoms with E-state index in [2.05, 4.69) is 25.0 Å². The van der Waals surface area contributed by atoms with Gasteiger partial charge in [0.05, 0.1) is 11.9 Å². The predicted molar refractivity (Wildman–Crippen MR) is 123 cm³/mol. The molecule has 0 unspecified atom stereocenters. The molecule has 35 heavy (non-hydrogen) atoms. The number of rotatable bonds is 7. The van der Waals surface area contributed by atoms with Gasteiger partial charge in [-0.1, -0.05) is 0 Å². The highest BCUT2D eigenvalue weighted by Gasteiger charge is 2.35. The lowest BCUT2D eigenvalue weighted by Crippen LogP contribution is -2.22. The monoisotopic (exact) mass is 499 g/mol. The van der Waals surface area contributed by atoms with Crippen molar-refractivity contribution in [3.8, 4) is 5.75 Å². The molecule has 1 amide bonds. The lowest BCUT2D eigenvalue weighted by molar-refractivity contribution is -0.274. The third-order valence-corrected chi connectivity index (χ3v) is 6.65. The highest BCUT2D eigenvalue weighted by atomic mass is 32.1. The summed E-state index contributed by atoms with van der Waals surface area (Å²) in [6, 6.07) is 10.2. The molecule has 1 N–H and O–H groups in total. The maximum Gasteiger partial charge on any atom is 0.573 e. The number of nitrogens with zero attached hydrogens (tertiary/aromatic N) is 4. The van der Waals surface area contributed by atoms with Crippen molar-refractivity contribution in [2.45, 2.75) is 37.6 Å². The summed E-state index contributed by atoms with van der Waals surface area (Å²) in [6.07, 6.45) is 3.23. The Morgan fingerprint density at radius 2 is 1.89 bits per heavy atom. The summed E-state index contributed by atoms with van der Waals surface area (Å²) in [4.78, 5) is 25.5. The molecule has 1 saturated carbocycles. The number of carbonyl (C=O) groups is 1. The fraction of sp³-hybridized carbons (Fsp3) is 0.250. The topological polar surface area (TPSA) is 81.9 Å². The van der Waals surface area contributed by atoms with Crippen LogP contribution in [0.4, 0.5) is 18.3 Å². The zero-order chi connectivity index (χ0) is 24.4. The lowest BCUT2D eigenvalue weighted by Gasteiger charge is -2.33. The summed E-state index contributed by atoms with van der Waals surface area (Å²) in [6.45, 7) is 0.558. The number of hydrogen-bond donors (Lipinski definition) is 1. The van der Waals surface area contributed by atoms with Gasteiger partial charge in [0.15, 0.2) is 5.13 Å². The van der Waals surface area contributed by atoms with E-state index in [0.717, 1.165) is 36.0 Å². The molecule has 0 saturated heterocycles. The number of alkyl halides is 3. The molecule has 5 rings (SSSR count). The molecule has 1 fully saturated rings. The average Bonchev–Trinajstić information content (AvgIpc) is 3.43. The Morgan fingerprint density at radius 1 is 1.11 bits per heavy atom. The number of amides is 1. The van der Waals surface area contributed by atoms with Gasteiger partial charge in [0.1, 0.15) is 11.4 Å². The maximum absolute atomic E-state index is 12.8. The Kier molecular flexibility index (Phi) is 6.25. The van der Waals surface area contributed by atoms with E-state index in [1.165, 1.54) is 17.4 Å². The smallest absolute Gasteiger partial charge is 0.404 e. The number of halogens is 3. The minimum Gasteiger partial charge on any atom is -0.404 e. The Labute approximate surface area is 202 Å². The minimum atomic E-state index is -4.73. The summed E-state index contributed by atoms with van der Waals surface area (Å²) in [5.41, 5.74) is 3.20. The quantitative estimate of drug-likeness (QED) is 0.358. The third kappa shape index (κ3) is 5.51. The van der Waals surface area contributed by atoms with Crippen molar-refractivity contribution in [3.63, 3.8) is 0 Å². The molecular formula is C24H20F3N5O2S. The molecule has 4 aromatic rings. The van der Waals surface area contributed by atoms with E-state index in [1.807, 2.05) is 34.3 Å². The van der Waals surface area contributed by atoms with Gasteiger partial charge in [-0.25, -0.2) is 4.98 Å². The average molecular weight is 500 g/mol. The summed E-state index contributed by atoms with van der Waals surface area (Å²) < 4.78 is 42.6. The van der Waals surface area contributed by atoms with E-state index in [1.54, 1.807) is 24.5 Å². The molecule has 7 nitrogen and oxygen atoms in total. The van der Waals surface area contributed by atoms with Crippen molar-refractivity contribution in [1.29, 1.82) is 0 Å². The van der Waals surface area contributed by atoms with Crippen LogP contribution in [0.3, 0.4) is 0 Å². The standard InChI is InChI=1S/C24H20F3N5O2S/c25-24(26,27)34-18-3-4-19(29-12-18)16-10-17(11-16)20-14-35-23(30-20)31-22(33)21-2-1-9-32(21)13-15-5-7-28-8-6-15/h1-9,12,14,16-17H,10-11,13H2,(H,30,31,33)/t16-,17-. The third-order valence-electron chi connectivity index (χ3n) is 5.87. The van der Waals surface area contributed by atoms with Gasteiger partial charge in [0.25, 0.3) is 5.91 Å². The van der Waals surface area contributed by atoms with E-state index >= 15 is 0 Å². The van der Waals surface area contributed by atoms with Crippen LogP contribution >= 0.6 is 11.3 Å². The maximum atomic E-state index is 12.8. The van der Waals surface area contributed by atoms with Crippen molar-refractivity contribution >= 4 is 22.4 Å². The van der Waals surface area contributed by atoms with Crippen LogP contribution in [0.2, 0.25) is 0 Å². The summed E-state index contributed by atoms with van der Waals surface area (Å²) >= 11 is 1.37. The Hall–Kier alpha value is -3.73. The van der Waals surface area contributed by atoms with Gasteiger partial charge >= 0.3 is 6.36 Å². The number of anilines is 1. The molecule has 0 atom stereocenters. The Bertz CT molecular complexity index is 1300. The number of ether oxygens (including phenoxy) is 1. The van der Waals surface area contributed by atoms with Gasteiger partial charge in [0.2, 0.25) is 0 Å². The first-order valence-electron chi connectivity index (χ1n) is 10.9. The molecule has 0 aromatic carbocycles.